The lowest BCUT2D eigenvalue weighted by Gasteiger charge is -2.40. The van der Waals surface area contributed by atoms with Crippen molar-refractivity contribution in [2.45, 2.75) is 58.2 Å². The lowest BCUT2D eigenvalue weighted by molar-refractivity contribution is 0.0104. The number of halogens is 1. The number of benzene rings is 1. The van der Waals surface area contributed by atoms with Gasteiger partial charge in [0.15, 0.2) is 0 Å². The van der Waals surface area contributed by atoms with Crippen molar-refractivity contribution in [3.63, 3.8) is 0 Å². The highest BCUT2D eigenvalue weighted by Crippen LogP contribution is 2.29. The predicted molar refractivity (Wildman–Crippen MR) is 123 cm³/mol. The van der Waals surface area contributed by atoms with Crippen LogP contribution in [0.1, 0.15) is 50.9 Å². The molecule has 1 N–H and O–H groups in total. The van der Waals surface area contributed by atoms with Gasteiger partial charge >= 0.3 is 12.1 Å². The molecule has 1 aliphatic heterocycles. The van der Waals surface area contributed by atoms with Crippen LogP contribution >= 0.6 is 22.6 Å². The molecule has 1 aromatic carbocycles. The average molecular weight is 526 g/mol. The van der Waals surface area contributed by atoms with Gasteiger partial charge in [0.05, 0.1) is 24.2 Å². The molecular weight excluding hydrogens is 499 g/mol. The Morgan fingerprint density at radius 3 is 2.67 bits per heavy atom. The smallest absolute Gasteiger partial charge is 0.410 e. The van der Waals surface area contributed by atoms with Crippen molar-refractivity contribution in [1.29, 1.82) is 0 Å². The fraction of sp³-hybridized carbons (Fsp3) is 0.524. The number of amides is 1. The summed E-state index contributed by atoms with van der Waals surface area (Å²) in [6.07, 6.45) is 2.87. The highest BCUT2D eigenvalue weighted by atomic mass is 127. The number of hydrogen-bond acceptors (Lipinski definition) is 7. The molecule has 1 aromatic heterocycles. The molecule has 0 spiro atoms. The van der Waals surface area contributed by atoms with Crippen LogP contribution in [-0.2, 0) is 9.47 Å². The molecule has 0 aliphatic carbocycles. The number of piperidine rings is 1. The number of fused-ring (bicyclic) bond motifs is 1. The highest BCUT2D eigenvalue weighted by Gasteiger charge is 2.34. The summed E-state index contributed by atoms with van der Waals surface area (Å²) in [4.78, 5) is 35.3. The van der Waals surface area contributed by atoms with Crippen molar-refractivity contribution < 1.29 is 19.1 Å². The van der Waals surface area contributed by atoms with Gasteiger partial charge in [0.1, 0.15) is 17.7 Å². The molecule has 0 bridgehead atoms. The maximum Gasteiger partial charge on any atom is 0.410 e. The second-order valence-corrected chi connectivity index (χ2v) is 9.62. The van der Waals surface area contributed by atoms with Crippen molar-refractivity contribution in [2.24, 2.45) is 0 Å². The molecule has 162 valence electrons. The predicted octanol–water partition coefficient (Wildman–Crippen LogP) is 4.22. The number of esters is 1. The van der Waals surface area contributed by atoms with Gasteiger partial charge in [-0.2, -0.15) is 0 Å². The van der Waals surface area contributed by atoms with Crippen molar-refractivity contribution in [3.05, 3.63) is 27.6 Å². The molecule has 2 atom stereocenters. The minimum atomic E-state index is -0.541. The summed E-state index contributed by atoms with van der Waals surface area (Å²) in [6.45, 7) is 8.26. The van der Waals surface area contributed by atoms with Gasteiger partial charge < -0.3 is 19.7 Å². The van der Waals surface area contributed by atoms with Gasteiger partial charge in [-0.25, -0.2) is 19.6 Å². The number of anilines is 1. The third kappa shape index (κ3) is 4.93. The Labute approximate surface area is 189 Å². The fourth-order valence-electron chi connectivity index (χ4n) is 3.60. The number of carbonyl (C=O) groups excluding carboxylic acids is 2. The van der Waals surface area contributed by atoms with Crippen LogP contribution in [0.4, 0.5) is 10.6 Å². The highest BCUT2D eigenvalue weighted by molar-refractivity contribution is 14.1. The van der Waals surface area contributed by atoms with Crippen molar-refractivity contribution in [3.8, 4) is 0 Å². The summed E-state index contributed by atoms with van der Waals surface area (Å²) in [7, 11) is 1.35. The number of nitrogens with zero attached hydrogens (tertiary/aromatic N) is 3. The largest absolute Gasteiger partial charge is 0.465 e. The van der Waals surface area contributed by atoms with Crippen LogP contribution in [-0.4, -0.2) is 58.3 Å². The number of nitrogens with one attached hydrogen (secondary N) is 1. The van der Waals surface area contributed by atoms with Crippen LogP contribution < -0.4 is 5.32 Å². The van der Waals surface area contributed by atoms with Crippen molar-refractivity contribution in [2.75, 3.05) is 19.0 Å². The van der Waals surface area contributed by atoms with Crippen LogP contribution in [0.2, 0.25) is 0 Å². The van der Waals surface area contributed by atoms with E-state index in [9.17, 15) is 9.59 Å². The molecule has 9 heteroatoms. The molecule has 0 radical (unpaired) electrons. The molecule has 0 saturated carbocycles. The Kier molecular flexibility index (Phi) is 6.68. The van der Waals surface area contributed by atoms with Crippen molar-refractivity contribution >= 4 is 51.4 Å². The van der Waals surface area contributed by atoms with Gasteiger partial charge in [-0.1, -0.05) is 0 Å². The molecule has 1 amide bonds. The van der Waals surface area contributed by atoms with E-state index in [2.05, 4.69) is 37.9 Å². The van der Waals surface area contributed by atoms with Gasteiger partial charge in [-0.15, -0.1) is 0 Å². The van der Waals surface area contributed by atoms with E-state index >= 15 is 0 Å². The first kappa shape index (κ1) is 22.5. The number of carbonyl (C=O) groups is 2. The maximum atomic E-state index is 12.6. The summed E-state index contributed by atoms with van der Waals surface area (Å²) < 4.78 is 11.4. The monoisotopic (exact) mass is 526 g/mol. The number of rotatable bonds is 3. The van der Waals surface area contributed by atoms with E-state index in [1.54, 1.807) is 11.0 Å². The zero-order valence-electron chi connectivity index (χ0n) is 17.9. The zero-order valence-corrected chi connectivity index (χ0v) is 20.0. The van der Waals surface area contributed by atoms with E-state index in [1.165, 1.54) is 13.4 Å². The molecule has 2 aromatic rings. The second kappa shape index (κ2) is 8.91. The molecule has 1 aliphatic rings. The van der Waals surface area contributed by atoms with E-state index in [1.807, 2.05) is 33.8 Å². The first-order valence-electron chi connectivity index (χ1n) is 9.89. The first-order chi connectivity index (χ1) is 14.1. The molecule has 2 unspecified atom stereocenters. The Hall–Kier alpha value is -2.17. The van der Waals surface area contributed by atoms with Gasteiger partial charge in [0.2, 0.25) is 0 Å². The Balaban J connectivity index is 1.89. The lowest BCUT2D eigenvalue weighted by Crippen LogP contribution is -2.53. The van der Waals surface area contributed by atoms with Crippen molar-refractivity contribution in [1.82, 2.24) is 14.9 Å². The van der Waals surface area contributed by atoms with Gasteiger partial charge in [0.25, 0.3) is 0 Å². The minimum absolute atomic E-state index is 0.0104. The molecular formula is C21H27IN4O4. The zero-order chi connectivity index (χ0) is 22.1. The van der Waals surface area contributed by atoms with Gasteiger partial charge in [-0.05, 0) is 75.3 Å². The Bertz CT molecular complexity index is 960. The van der Waals surface area contributed by atoms with E-state index in [0.717, 1.165) is 21.8 Å². The van der Waals surface area contributed by atoms with Crippen LogP contribution in [0.25, 0.3) is 10.9 Å². The van der Waals surface area contributed by atoms with E-state index in [4.69, 9.17) is 9.47 Å². The van der Waals surface area contributed by atoms with Gasteiger partial charge in [-0.3, -0.25) is 0 Å². The van der Waals surface area contributed by atoms with Crippen LogP contribution in [0.15, 0.2) is 18.5 Å². The minimum Gasteiger partial charge on any atom is -0.465 e. The summed E-state index contributed by atoms with van der Waals surface area (Å²) in [5.41, 5.74) is 0.394. The SMILES string of the molecule is COC(=O)c1cc(I)cc2c(NC3CCCN(C(=O)OC(C)(C)C)C3C)ncnc12. The topological polar surface area (TPSA) is 93.7 Å². The average Bonchev–Trinajstić information content (AvgIpc) is 2.67. The first-order valence-corrected chi connectivity index (χ1v) is 11.0. The number of ether oxygens (including phenoxy) is 2. The quantitative estimate of drug-likeness (QED) is 0.473. The third-order valence-corrected chi connectivity index (χ3v) is 5.67. The number of methoxy groups -OCH3 is 1. The van der Waals surface area contributed by atoms with Crippen LogP contribution in [0, 0.1) is 3.57 Å². The molecule has 2 heterocycles. The fourth-order valence-corrected chi connectivity index (χ4v) is 4.23. The molecule has 8 nitrogen and oxygen atoms in total. The van der Waals surface area contributed by atoms with E-state index < -0.39 is 11.6 Å². The number of aromatic nitrogens is 2. The summed E-state index contributed by atoms with van der Waals surface area (Å²) in [6, 6.07) is 3.59. The van der Waals surface area contributed by atoms with E-state index in [-0.39, 0.29) is 18.2 Å². The summed E-state index contributed by atoms with van der Waals surface area (Å²) in [5, 5.41) is 4.22. The summed E-state index contributed by atoms with van der Waals surface area (Å²) >= 11 is 2.16. The Morgan fingerprint density at radius 2 is 2.00 bits per heavy atom. The van der Waals surface area contributed by atoms with Crippen LogP contribution in [0.3, 0.4) is 0 Å². The maximum absolute atomic E-state index is 12.6. The van der Waals surface area contributed by atoms with Gasteiger partial charge in [0, 0.05) is 21.5 Å². The standard InChI is InChI=1S/C21H27IN4O4/c1-12-16(7-6-8-26(12)20(28)30-21(2,3)4)25-18-14-9-13(22)10-15(19(27)29-5)17(14)23-11-24-18/h9-12,16H,6-8H2,1-5H3,(H,23,24,25). The van der Waals surface area contributed by atoms with Crippen LogP contribution in [0.5, 0.6) is 0 Å². The number of hydrogen-bond donors (Lipinski definition) is 1. The van der Waals surface area contributed by atoms with E-state index in [0.29, 0.717) is 23.4 Å². The molecule has 30 heavy (non-hydrogen) atoms. The third-order valence-electron chi connectivity index (χ3n) is 5.05. The Morgan fingerprint density at radius 1 is 1.27 bits per heavy atom. The normalized spacial score (nSPS) is 19.5. The second-order valence-electron chi connectivity index (χ2n) is 8.37. The summed E-state index contributed by atoms with van der Waals surface area (Å²) in [5.74, 6) is 0.192. The molecule has 3 rings (SSSR count). The number of likely N-dealkylation sites (tertiary alicyclic amines) is 1. The molecule has 1 fully saturated rings. The lowest BCUT2D eigenvalue weighted by atomic mass is 9.97. The molecule has 1 saturated heterocycles.